The molecule has 0 aliphatic rings. The molecule has 2 rings (SSSR count). The number of carbonyl (C=O) groups excluding carboxylic acids is 1. The van der Waals surface area contributed by atoms with Crippen LogP contribution in [0.5, 0.6) is 0 Å². The van der Waals surface area contributed by atoms with Gasteiger partial charge in [0.1, 0.15) is 5.41 Å². The Balaban J connectivity index is 1.92. The summed E-state index contributed by atoms with van der Waals surface area (Å²) in [5, 5.41) is 8.16. The molecule has 2 heterocycles. The number of nitrogens with one attached hydrogen (secondary N) is 1. The van der Waals surface area contributed by atoms with Gasteiger partial charge in [0.05, 0.1) is 12.3 Å². The molecule has 4 nitrogen and oxygen atoms in total. The molecule has 0 aromatic carbocycles. The van der Waals surface area contributed by atoms with Crippen molar-refractivity contribution < 1.29 is 9.53 Å². The van der Waals surface area contributed by atoms with E-state index >= 15 is 0 Å². The van der Waals surface area contributed by atoms with Gasteiger partial charge in [-0.05, 0) is 38.6 Å². The molecule has 0 saturated carbocycles. The SMILES string of the molecule is CCOC(=O)C(C)(C)c1csc(NCCc2cccs2)n1. The van der Waals surface area contributed by atoms with Gasteiger partial charge in [0.25, 0.3) is 0 Å². The van der Waals surface area contributed by atoms with Crippen LogP contribution in [-0.2, 0) is 21.4 Å². The number of thiophene rings is 1. The summed E-state index contributed by atoms with van der Waals surface area (Å²) in [5.41, 5.74) is 0.0461. The molecule has 0 spiro atoms. The van der Waals surface area contributed by atoms with Crippen molar-refractivity contribution in [1.29, 1.82) is 0 Å². The lowest BCUT2D eigenvalue weighted by atomic mass is 9.90. The fraction of sp³-hybridized carbons (Fsp3) is 0.467. The first-order chi connectivity index (χ1) is 10.0. The number of hydrogen-bond acceptors (Lipinski definition) is 6. The first kappa shape index (κ1) is 16.0. The molecule has 0 atom stereocenters. The smallest absolute Gasteiger partial charge is 0.317 e. The second-order valence-electron chi connectivity index (χ2n) is 5.14. The predicted octanol–water partition coefficient (Wildman–Crippen LogP) is 3.70. The summed E-state index contributed by atoms with van der Waals surface area (Å²) in [6.07, 6.45) is 0.980. The number of esters is 1. The molecule has 0 aliphatic heterocycles. The van der Waals surface area contributed by atoms with Crippen LogP contribution in [-0.4, -0.2) is 24.1 Å². The second kappa shape index (κ2) is 7.04. The molecule has 0 unspecified atom stereocenters. The van der Waals surface area contributed by atoms with Crippen molar-refractivity contribution in [2.75, 3.05) is 18.5 Å². The van der Waals surface area contributed by atoms with E-state index in [1.807, 2.05) is 26.2 Å². The van der Waals surface area contributed by atoms with Crippen LogP contribution in [0.1, 0.15) is 31.3 Å². The van der Waals surface area contributed by atoms with Crippen molar-refractivity contribution in [3.05, 3.63) is 33.5 Å². The molecule has 0 aliphatic carbocycles. The van der Waals surface area contributed by atoms with Crippen LogP contribution in [0.4, 0.5) is 5.13 Å². The van der Waals surface area contributed by atoms with Gasteiger partial charge in [-0.3, -0.25) is 4.79 Å². The normalized spacial score (nSPS) is 11.4. The van der Waals surface area contributed by atoms with E-state index in [2.05, 4.69) is 27.8 Å². The minimum absolute atomic E-state index is 0.236. The zero-order valence-electron chi connectivity index (χ0n) is 12.5. The Morgan fingerprint density at radius 2 is 2.24 bits per heavy atom. The summed E-state index contributed by atoms with van der Waals surface area (Å²) < 4.78 is 5.11. The number of thiazole rings is 1. The van der Waals surface area contributed by atoms with Gasteiger partial charge in [-0.1, -0.05) is 6.07 Å². The average molecular weight is 324 g/mol. The molecule has 0 radical (unpaired) electrons. The van der Waals surface area contributed by atoms with Crippen molar-refractivity contribution in [2.45, 2.75) is 32.6 Å². The van der Waals surface area contributed by atoms with Crippen molar-refractivity contribution in [3.8, 4) is 0 Å². The number of anilines is 1. The number of hydrogen-bond donors (Lipinski definition) is 1. The van der Waals surface area contributed by atoms with Gasteiger partial charge >= 0.3 is 5.97 Å². The fourth-order valence-electron chi connectivity index (χ4n) is 1.81. The monoisotopic (exact) mass is 324 g/mol. The lowest BCUT2D eigenvalue weighted by molar-refractivity contribution is -0.148. The highest BCUT2D eigenvalue weighted by atomic mass is 32.1. The molecular formula is C15H20N2O2S2. The van der Waals surface area contributed by atoms with Crippen molar-refractivity contribution >= 4 is 33.8 Å². The first-order valence-corrected chi connectivity index (χ1v) is 8.69. The van der Waals surface area contributed by atoms with Gasteiger partial charge in [0.2, 0.25) is 0 Å². The Hall–Kier alpha value is -1.40. The van der Waals surface area contributed by atoms with Gasteiger partial charge in [0, 0.05) is 16.8 Å². The second-order valence-corrected chi connectivity index (χ2v) is 7.03. The summed E-state index contributed by atoms with van der Waals surface area (Å²) in [7, 11) is 0. The maximum absolute atomic E-state index is 12.0. The van der Waals surface area contributed by atoms with E-state index in [0.717, 1.165) is 23.8 Å². The van der Waals surface area contributed by atoms with Crippen LogP contribution in [0.2, 0.25) is 0 Å². The maximum Gasteiger partial charge on any atom is 0.317 e. The fourth-order valence-corrected chi connectivity index (χ4v) is 3.42. The van der Waals surface area contributed by atoms with Crippen LogP contribution in [0.15, 0.2) is 22.9 Å². The van der Waals surface area contributed by atoms with Crippen molar-refractivity contribution in [1.82, 2.24) is 4.98 Å². The van der Waals surface area contributed by atoms with Gasteiger partial charge in [-0.15, -0.1) is 22.7 Å². The highest BCUT2D eigenvalue weighted by molar-refractivity contribution is 7.13. The molecule has 0 bridgehead atoms. The number of rotatable bonds is 7. The van der Waals surface area contributed by atoms with Crippen molar-refractivity contribution in [3.63, 3.8) is 0 Å². The lowest BCUT2D eigenvalue weighted by Gasteiger charge is -2.19. The third-order valence-electron chi connectivity index (χ3n) is 3.16. The van der Waals surface area contributed by atoms with Gasteiger partial charge in [-0.25, -0.2) is 4.98 Å². The maximum atomic E-state index is 12.0. The third kappa shape index (κ3) is 4.04. The minimum Gasteiger partial charge on any atom is -0.465 e. The van der Waals surface area contributed by atoms with Crippen LogP contribution in [0.3, 0.4) is 0 Å². The predicted molar refractivity (Wildman–Crippen MR) is 88.3 cm³/mol. The topological polar surface area (TPSA) is 51.2 Å². The molecule has 6 heteroatoms. The van der Waals surface area contributed by atoms with E-state index in [1.165, 1.54) is 16.2 Å². The van der Waals surface area contributed by atoms with Crippen LogP contribution in [0.25, 0.3) is 0 Å². The zero-order valence-corrected chi connectivity index (χ0v) is 14.1. The molecule has 0 saturated heterocycles. The number of carbonyl (C=O) groups is 1. The summed E-state index contributed by atoms with van der Waals surface area (Å²) in [4.78, 5) is 17.8. The highest BCUT2D eigenvalue weighted by Gasteiger charge is 2.33. The van der Waals surface area contributed by atoms with Gasteiger partial charge in [-0.2, -0.15) is 0 Å². The largest absolute Gasteiger partial charge is 0.465 e. The number of nitrogens with zero attached hydrogens (tertiary/aromatic N) is 1. The van der Waals surface area contributed by atoms with Crippen LogP contribution >= 0.6 is 22.7 Å². The number of ether oxygens (including phenoxy) is 1. The number of aromatic nitrogens is 1. The Kier molecular flexibility index (Phi) is 5.36. The van der Waals surface area contributed by atoms with E-state index in [0.29, 0.717) is 6.61 Å². The molecule has 114 valence electrons. The van der Waals surface area contributed by atoms with E-state index in [1.54, 1.807) is 11.3 Å². The lowest BCUT2D eigenvalue weighted by Crippen LogP contribution is -2.31. The summed E-state index contributed by atoms with van der Waals surface area (Å²) in [5.74, 6) is -0.236. The molecule has 0 fully saturated rings. The molecule has 2 aromatic rings. The van der Waals surface area contributed by atoms with Gasteiger partial charge in [0.15, 0.2) is 5.13 Å². The summed E-state index contributed by atoms with van der Waals surface area (Å²) in [6, 6.07) is 4.19. The third-order valence-corrected chi connectivity index (χ3v) is 4.89. The minimum atomic E-state index is -0.708. The quantitative estimate of drug-likeness (QED) is 0.789. The van der Waals surface area contributed by atoms with Gasteiger partial charge < -0.3 is 10.1 Å². The zero-order chi connectivity index (χ0) is 15.3. The Labute approximate surface area is 133 Å². The average Bonchev–Trinajstić information content (AvgIpc) is 3.10. The Morgan fingerprint density at radius 1 is 1.43 bits per heavy atom. The van der Waals surface area contributed by atoms with E-state index in [4.69, 9.17) is 4.74 Å². The van der Waals surface area contributed by atoms with E-state index in [9.17, 15) is 4.79 Å². The molecule has 21 heavy (non-hydrogen) atoms. The van der Waals surface area contributed by atoms with Crippen LogP contribution in [0, 0.1) is 0 Å². The Bertz CT molecular complexity index is 576. The van der Waals surface area contributed by atoms with Crippen LogP contribution < -0.4 is 5.32 Å². The van der Waals surface area contributed by atoms with E-state index < -0.39 is 5.41 Å². The summed E-state index contributed by atoms with van der Waals surface area (Å²) >= 11 is 3.28. The van der Waals surface area contributed by atoms with Crippen molar-refractivity contribution in [2.24, 2.45) is 0 Å². The first-order valence-electron chi connectivity index (χ1n) is 6.93. The molecular weight excluding hydrogens is 304 g/mol. The molecule has 1 N–H and O–H groups in total. The van der Waals surface area contributed by atoms with E-state index in [-0.39, 0.29) is 5.97 Å². The Morgan fingerprint density at radius 3 is 2.90 bits per heavy atom. The molecule has 0 amide bonds. The standard InChI is InChI=1S/C15H20N2O2S2/c1-4-19-13(18)15(2,3)12-10-21-14(17-12)16-8-7-11-6-5-9-20-11/h5-6,9-10H,4,7-8H2,1-3H3,(H,16,17). The summed E-state index contributed by atoms with van der Waals surface area (Å²) in [6.45, 7) is 6.73. The molecule has 2 aromatic heterocycles. The highest BCUT2D eigenvalue weighted by Crippen LogP contribution is 2.28.